The van der Waals surface area contributed by atoms with Crippen molar-refractivity contribution in [3.63, 3.8) is 0 Å². The molecule has 1 rings (SSSR count). The normalized spacial score (nSPS) is 12.5. The van der Waals surface area contributed by atoms with E-state index in [1.54, 1.807) is 0 Å². The van der Waals surface area contributed by atoms with Crippen molar-refractivity contribution in [3.05, 3.63) is 33.3 Å². The van der Waals surface area contributed by atoms with Crippen molar-refractivity contribution in [2.24, 2.45) is 0 Å². The molecule has 14 heavy (non-hydrogen) atoms. The van der Waals surface area contributed by atoms with Gasteiger partial charge in [-0.1, -0.05) is 0 Å². The average molecular weight is 202 g/mol. The summed E-state index contributed by atoms with van der Waals surface area (Å²) >= 11 is 0. The second kappa shape index (κ2) is 3.56. The summed E-state index contributed by atoms with van der Waals surface area (Å²) in [4.78, 5) is 9.36. The van der Waals surface area contributed by atoms with Crippen molar-refractivity contribution >= 4 is 11.4 Å². The van der Waals surface area contributed by atoms with Gasteiger partial charge in [-0.25, -0.2) is 4.39 Å². The second-order valence-electron chi connectivity index (χ2n) is 2.63. The fourth-order valence-electron chi connectivity index (χ4n) is 0.992. The van der Waals surface area contributed by atoms with Crippen LogP contribution in [0.3, 0.4) is 0 Å². The molecule has 0 fully saturated rings. The number of nitro benzene ring substituents is 1. The monoisotopic (exact) mass is 202 g/mol. The number of hydroxylamine groups is 1. The molecule has 0 saturated carbocycles. The summed E-state index contributed by atoms with van der Waals surface area (Å²) in [7, 11) is 1.08. The SMILES string of the molecule is C[NH+]([O-])c1cc(F)cc([N+](=O)[O-])c1O. The van der Waals surface area contributed by atoms with Gasteiger partial charge in [0.1, 0.15) is 5.82 Å². The molecule has 0 radical (unpaired) electrons. The molecule has 6 nitrogen and oxygen atoms in total. The Kier molecular flexibility index (Phi) is 2.63. The molecule has 76 valence electrons. The molecule has 0 aliphatic carbocycles. The standard InChI is InChI=1S/C7H7FN2O4/c1-9(12)5-2-4(8)3-6(7(5)11)10(13)14/h2-3,9,11H,1H3. The van der Waals surface area contributed by atoms with Crippen LogP contribution in [-0.2, 0) is 0 Å². The maximum Gasteiger partial charge on any atom is 0.320 e. The van der Waals surface area contributed by atoms with Crippen LogP contribution in [0.5, 0.6) is 5.75 Å². The first-order valence-corrected chi connectivity index (χ1v) is 3.61. The predicted octanol–water partition coefficient (Wildman–Crippen LogP) is 0.0835. The molecule has 1 atom stereocenters. The summed E-state index contributed by atoms with van der Waals surface area (Å²) in [6, 6.07) is 1.31. The van der Waals surface area contributed by atoms with E-state index in [4.69, 9.17) is 0 Å². The number of nitrogens with zero attached hydrogens (tertiary/aromatic N) is 1. The minimum absolute atomic E-state index is 0.392. The Morgan fingerprint density at radius 2 is 2.14 bits per heavy atom. The zero-order valence-corrected chi connectivity index (χ0v) is 7.15. The molecule has 0 aliphatic heterocycles. The first-order chi connectivity index (χ1) is 6.43. The molecule has 0 aromatic heterocycles. The minimum atomic E-state index is -0.954. The van der Waals surface area contributed by atoms with Gasteiger partial charge in [0.2, 0.25) is 0 Å². The topological polar surface area (TPSA) is 90.9 Å². The Morgan fingerprint density at radius 1 is 1.57 bits per heavy atom. The van der Waals surface area contributed by atoms with E-state index in [1.807, 2.05) is 0 Å². The van der Waals surface area contributed by atoms with Gasteiger partial charge >= 0.3 is 5.69 Å². The zero-order chi connectivity index (χ0) is 10.9. The van der Waals surface area contributed by atoms with Gasteiger partial charge in [0.25, 0.3) is 5.75 Å². The van der Waals surface area contributed by atoms with Crippen molar-refractivity contribution < 1.29 is 19.5 Å². The van der Waals surface area contributed by atoms with Crippen LogP contribution >= 0.6 is 0 Å². The maximum absolute atomic E-state index is 12.8. The Hall–Kier alpha value is -1.73. The summed E-state index contributed by atoms with van der Waals surface area (Å²) in [6.45, 7) is 0. The molecule has 2 N–H and O–H groups in total. The molecule has 1 aromatic carbocycles. The summed E-state index contributed by atoms with van der Waals surface area (Å²) in [6.07, 6.45) is 0. The van der Waals surface area contributed by atoms with Crippen LogP contribution in [0.25, 0.3) is 0 Å². The molecule has 7 heteroatoms. The average Bonchev–Trinajstić information content (AvgIpc) is 2.07. The van der Waals surface area contributed by atoms with Crippen LogP contribution in [0.15, 0.2) is 12.1 Å². The highest BCUT2D eigenvalue weighted by Crippen LogP contribution is 2.32. The number of benzene rings is 1. The zero-order valence-electron chi connectivity index (χ0n) is 7.15. The number of nitro groups is 1. The van der Waals surface area contributed by atoms with Crippen LogP contribution in [0.2, 0.25) is 0 Å². The third-order valence-corrected chi connectivity index (χ3v) is 1.63. The van der Waals surface area contributed by atoms with E-state index in [1.165, 1.54) is 0 Å². The third kappa shape index (κ3) is 1.78. The Bertz CT molecular complexity index is 380. The van der Waals surface area contributed by atoms with Crippen LogP contribution in [-0.4, -0.2) is 17.1 Å². The fraction of sp³-hybridized carbons (Fsp3) is 0.143. The van der Waals surface area contributed by atoms with E-state index in [-0.39, 0.29) is 0 Å². The largest absolute Gasteiger partial charge is 0.629 e. The maximum atomic E-state index is 12.8. The number of aromatic hydroxyl groups is 1. The molecule has 1 aromatic rings. The van der Waals surface area contributed by atoms with Gasteiger partial charge in [-0.05, 0) is 0 Å². The summed E-state index contributed by atoms with van der Waals surface area (Å²) in [5, 5.41) is 29.8. The van der Waals surface area contributed by atoms with Crippen molar-refractivity contribution in [2.45, 2.75) is 0 Å². The summed E-state index contributed by atoms with van der Waals surface area (Å²) in [5.74, 6) is -1.73. The Balaban J connectivity index is 3.40. The van der Waals surface area contributed by atoms with E-state index in [9.17, 15) is 24.8 Å². The molecular formula is C7H7FN2O4. The van der Waals surface area contributed by atoms with E-state index in [2.05, 4.69) is 0 Å². The van der Waals surface area contributed by atoms with Crippen molar-refractivity contribution in [1.82, 2.24) is 0 Å². The van der Waals surface area contributed by atoms with Gasteiger partial charge in [-0.2, -0.15) is 0 Å². The number of quaternary nitrogens is 1. The Labute approximate surface area is 77.9 Å². The molecule has 0 heterocycles. The lowest BCUT2D eigenvalue weighted by atomic mass is 10.2. The van der Waals surface area contributed by atoms with E-state index >= 15 is 0 Å². The van der Waals surface area contributed by atoms with Gasteiger partial charge in [0.15, 0.2) is 5.69 Å². The lowest BCUT2D eigenvalue weighted by Gasteiger charge is -2.16. The van der Waals surface area contributed by atoms with Crippen molar-refractivity contribution in [3.8, 4) is 5.75 Å². The van der Waals surface area contributed by atoms with Crippen molar-refractivity contribution in [2.75, 3.05) is 7.05 Å². The van der Waals surface area contributed by atoms with Crippen molar-refractivity contribution in [1.29, 1.82) is 0 Å². The molecule has 0 saturated heterocycles. The number of halogens is 1. The predicted molar refractivity (Wildman–Crippen MR) is 44.6 cm³/mol. The first-order valence-electron chi connectivity index (χ1n) is 3.61. The van der Waals surface area contributed by atoms with Gasteiger partial charge in [-0.3, -0.25) is 10.1 Å². The van der Waals surface area contributed by atoms with Crippen LogP contribution in [0.1, 0.15) is 0 Å². The summed E-state index contributed by atoms with van der Waals surface area (Å²) in [5.41, 5.74) is -1.20. The highest BCUT2D eigenvalue weighted by atomic mass is 19.1. The lowest BCUT2D eigenvalue weighted by Crippen LogP contribution is -2.98. The smallest absolute Gasteiger partial charge is 0.320 e. The molecule has 0 bridgehead atoms. The van der Waals surface area contributed by atoms with Crippen LogP contribution in [0.4, 0.5) is 15.8 Å². The van der Waals surface area contributed by atoms with Crippen LogP contribution < -0.4 is 5.06 Å². The molecular weight excluding hydrogens is 195 g/mol. The van der Waals surface area contributed by atoms with E-state index < -0.39 is 32.9 Å². The Morgan fingerprint density at radius 3 is 2.57 bits per heavy atom. The molecule has 0 spiro atoms. The van der Waals surface area contributed by atoms with Gasteiger partial charge in [0.05, 0.1) is 18.0 Å². The first kappa shape index (κ1) is 10.4. The number of rotatable bonds is 2. The molecule has 0 amide bonds. The summed E-state index contributed by atoms with van der Waals surface area (Å²) < 4.78 is 12.8. The molecule has 0 aliphatic rings. The third-order valence-electron chi connectivity index (χ3n) is 1.63. The van der Waals surface area contributed by atoms with Crippen LogP contribution in [0, 0.1) is 21.1 Å². The van der Waals surface area contributed by atoms with E-state index in [0.29, 0.717) is 6.07 Å². The highest BCUT2D eigenvalue weighted by molar-refractivity contribution is 5.58. The highest BCUT2D eigenvalue weighted by Gasteiger charge is 2.22. The number of hydrogen-bond acceptors (Lipinski definition) is 4. The number of hydrogen-bond donors (Lipinski definition) is 2. The van der Waals surface area contributed by atoms with Gasteiger partial charge in [0, 0.05) is 6.07 Å². The van der Waals surface area contributed by atoms with E-state index in [0.717, 1.165) is 13.1 Å². The minimum Gasteiger partial charge on any atom is -0.629 e. The molecule has 1 unspecified atom stereocenters. The fourth-order valence-corrected chi connectivity index (χ4v) is 0.992. The number of nitrogens with one attached hydrogen (secondary N) is 1. The number of phenolic OH excluding ortho intramolecular Hbond substituents is 1. The lowest BCUT2D eigenvalue weighted by molar-refractivity contribution is -0.751. The second-order valence-corrected chi connectivity index (χ2v) is 2.63. The van der Waals surface area contributed by atoms with Gasteiger partial charge < -0.3 is 15.4 Å². The number of phenols is 1. The quantitative estimate of drug-likeness (QED) is 0.403. The van der Waals surface area contributed by atoms with Gasteiger partial charge in [-0.15, -0.1) is 0 Å².